The number of nitrogens with zero attached hydrogens (tertiary/aromatic N) is 2. The summed E-state index contributed by atoms with van der Waals surface area (Å²) in [5, 5.41) is 0. The van der Waals surface area contributed by atoms with Gasteiger partial charge in [-0.2, -0.15) is 0 Å². The molecule has 0 unspecified atom stereocenters. The lowest BCUT2D eigenvalue weighted by Crippen LogP contribution is -2.60. The highest BCUT2D eigenvalue weighted by atomic mass is 16.2. The van der Waals surface area contributed by atoms with Crippen LogP contribution in [0, 0.1) is 5.92 Å². The fraction of sp³-hybridized carbons (Fsp3) is 0.450. The van der Waals surface area contributed by atoms with Crippen molar-refractivity contribution in [1.82, 2.24) is 9.80 Å². The van der Waals surface area contributed by atoms with Gasteiger partial charge >= 0.3 is 0 Å². The number of hydrogen-bond donors (Lipinski definition) is 0. The van der Waals surface area contributed by atoms with Crippen LogP contribution in [-0.4, -0.2) is 53.6 Å². The van der Waals surface area contributed by atoms with Crippen LogP contribution in [0.1, 0.15) is 25.3 Å². The minimum Gasteiger partial charge on any atom is -0.340 e. The monoisotopic (exact) mass is 340 g/mol. The Kier molecular flexibility index (Phi) is 4.75. The highest BCUT2D eigenvalue weighted by Gasteiger charge is 2.48. The van der Waals surface area contributed by atoms with Crippen molar-refractivity contribution in [2.24, 2.45) is 5.92 Å². The van der Waals surface area contributed by atoms with E-state index in [0.717, 1.165) is 5.56 Å². The first kappa shape index (κ1) is 17.4. The second kappa shape index (κ2) is 6.82. The molecule has 2 aliphatic heterocycles. The van der Waals surface area contributed by atoms with Crippen molar-refractivity contribution in [3.8, 4) is 0 Å². The van der Waals surface area contributed by atoms with Crippen molar-refractivity contribution >= 4 is 17.6 Å². The maximum atomic E-state index is 13.3. The number of carbonyl (C=O) groups is 3. The first-order valence-corrected chi connectivity index (χ1v) is 8.74. The SMILES string of the molecule is C=CC(=O)N1CCC(C(=O)N2CC(C(C)=O)C2)(c2ccccc2)CC1. The summed E-state index contributed by atoms with van der Waals surface area (Å²) in [6.45, 7) is 7.22. The summed E-state index contributed by atoms with van der Waals surface area (Å²) in [6, 6.07) is 9.81. The number of hydrogen-bond acceptors (Lipinski definition) is 3. The van der Waals surface area contributed by atoms with Gasteiger partial charge in [-0.05, 0) is 31.4 Å². The molecule has 2 amide bonds. The zero-order valence-electron chi connectivity index (χ0n) is 14.6. The van der Waals surface area contributed by atoms with Gasteiger partial charge in [0.2, 0.25) is 11.8 Å². The molecule has 0 aromatic heterocycles. The molecule has 132 valence electrons. The quantitative estimate of drug-likeness (QED) is 0.785. The van der Waals surface area contributed by atoms with Crippen molar-refractivity contribution in [2.45, 2.75) is 25.2 Å². The summed E-state index contributed by atoms with van der Waals surface area (Å²) in [5.41, 5.74) is 0.387. The van der Waals surface area contributed by atoms with Crippen molar-refractivity contribution in [3.05, 3.63) is 48.6 Å². The maximum absolute atomic E-state index is 13.3. The van der Waals surface area contributed by atoms with Crippen LogP contribution in [0.25, 0.3) is 0 Å². The molecule has 2 fully saturated rings. The maximum Gasteiger partial charge on any atom is 0.245 e. The van der Waals surface area contributed by atoms with E-state index in [4.69, 9.17) is 0 Å². The Morgan fingerprint density at radius 1 is 1.08 bits per heavy atom. The van der Waals surface area contributed by atoms with Crippen LogP contribution in [-0.2, 0) is 19.8 Å². The molecule has 0 N–H and O–H groups in total. The Bertz CT molecular complexity index is 684. The third-order valence-electron chi connectivity index (χ3n) is 5.58. The van der Waals surface area contributed by atoms with Gasteiger partial charge in [-0.15, -0.1) is 0 Å². The first-order valence-electron chi connectivity index (χ1n) is 8.74. The summed E-state index contributed by atoms with van der Waals surface area (Å²) in [4.78, 5) is 40.2. The van der Waals surface area contributed by atoms with E-state index in [-0.39, 0.29) is 23.5 Å². The highest BCUT2D eigenvalue weighted by molar-refractivity contribution is 5.92. The molecule has 2 saturated heterocycles. The van der Waals surface area contributed by atoms with Crippen LogP contribution in [0.4, 0.5) is 0 Å². The smallest absolute Gasteiger partial charge is 0.245 e. The minimum absolute atomic E-state index is 0.0285. The van der Waals surface area contributed by atoms with Crippen LogP contribution in [0.3, 0.4) is 0 Å². The lowest BCUT2D eigenvalue weighted by Gasteiger charge is -2.47. The van der Waals surface area contributed by atoms with Gasteiger partial charge in [-0.1, -0.05) is 36.9 Å². The van der Waals surface area contributed by atoms with Crippen LogP contribution in [0.2, 0.25) is 0 Å². The minimum atomic E-state index is -0.610. The molecule has 2 heterocycles. The first-order chi connectivity index (χ1) is 12.0. The second-order valence-corrected chi connectivity index (χ2v) is 7.00. The number of carbonyl (C=O) groups excluding carboxylic acids is 3. The van der Waals surface area contributed by atoms with Gasteiger partial charge in [-0.25, -0.2) is 0 Å². The molecule has 25 heavy (non-hydrogen) atoms. The summed E-state index contributed by atoms with van der Waals surface area (Å²) >= 11 is 0. The largest absolute Gasteiger partial charge is 0.340 e. The molecular formula is C20H24N2O3. The van der Waals surface area contributed by atoms with Gasteiger partial charge in [0.15, 0.2) is 0 Å². The molecule has 3 rings (SSSR count). The summed E-state index contributed by atoms with van der Waals surface area (Å²) in [6.07, 6.45) is 2.51. The highest BCUT2D eigenvalue weighted by Crippen LogP contribution is 2.39. The molecule has 1 aromatic rings. The van der Waals surface area contributed by atoms with E-state index < -0.39 is 5.41 Å². The molecule has 0 radical (unpaired) electrons. The van der Waals surface area contributed by atoms with E-state index >= 15 is 0 Å². The van der Waals surface area contributed by atoms with Crippen LogP contribution in [0.15, 0.2) is 43.0 Å². The molecule has 0 aliphatic carbocycles. The molecule has 2 aliphatic rings. The number of rotatable bonds is 4. The predicted octanol–water partition coefficient (Wildman–Crippen LogP) is 1.78. The zero-order valence-corrected chi connectivity index (χ0v) is 14.6. The van der Waals surface area contributed by atoms with Gasteiger partial charge < -0.3 is 9.80 Å². The molecule has 1 aromatic carbocycles. The van der Waals surface area contributed by atoms with Gasteiger partial charge in [0.25, 0.3) is 0 Å². The second-order valence-electron chi connectivity index (χ2n) is 7.00. The van der Waals surface area contributed by atoms with E-state index in [1.807, 2.05) is 30.3 Å². The van der Waals surface area contributed by atoms with Crippen molar-refractivity contribution < 1.29 is 14.4 Å². The van der Waals surface area contributed by atoms with Crippen molar-refractivity contribution in [3.63, 3.8) is 0 Å². The van der Waals surface area contributed by atoms with E-state index in [0.29, 0.717) is 39.0 Å². The van der Waals surface area contributed by atoms with Gasteiger partial charge in [0.1, 0.15) is 5.78 Å². The molecule has 0 spiro atoms. The van der Waals surface area contributed by atoms with Gasteiger partial charge in [0.05, 0.1) is 11.3 Å². The van der Waals surface area contributed by atoms with E-state index in [9.17, 15) is 14.4 Å². The molecule has 5 heteroatoms. The number of piperidine rings is 1. The Labute approximate surface area is 148 Å². The number of Topliss-reactive ketones (excluding diaryl/α,β-unsaturated/α-hetero) is 1. The molecule has 0 saturated carbocycles. The molecular weight excluding hydrogens is 316 g/mol. The Morgan fingerprint density at radius 2 is 1.68 bits per heavy atom. The number of likely N-dealkylation sites (tertiary alicyclic amines) is 2. The van der Waals surface area contributed by atoms with Crippen molar-refractivity contribution in [1.29, 1.82) is 0 Å². The average molecular weight is 340 g/mol. The van der Waals surface area contributed by atoms with Crippen LogP contribution >= 0.6 is 0 Å². The van der Waals surface area contributed by atoms with E-state index in [1.165, 1.54) is 6.08 Å². The van der Waals surface area contributed by atoms with E-state index in [1.54, 1.807) is 16.7 Å². The molecule has 5 nitrogen and oxygen atoms in total. The Hall–Kier alpha value is -2.43. The zero-order chi connectivity index (χ0) is 18.0. The Morgan fingerprint density at radius 3 is 2.20 bits per heavy atom. The average Bonchev–Trinajstić information content (AvgIpc) is 2.60. The fourth-order valence-electron chi connectivity index (χ4n) is 3.83. The number of benzene rings is 1. The number of amides is 2. The summed E-state index contributed by atoms with van der Waals surface area (Å²) in [5.74, 6) is 0.111. The fourth-order valence-corrected chi connectivity index (χ4v) is 3.83. The van der Waals surface area contributed by atoms with Crippen molar-refractivity contribution in [2.75, 3.05) is 26.2 Å². The third kappa shape index (κ3) is 3.11. The van der Waals surface area contributed by atoms with Crippen LogP contribution in [0.5, 0.6) is 0 Å². The number of ketones is 1. The van der Waals surface area contributed by atoms with Gasteiger partial charge in [-0.3, -0.25) is 14.4 Å². The molecule has 0 atom stereocenters. The van der Waals surface area contributed by atoms with Gasteiger partial charge in [0, 0.05) is 26.2 Å². The third-order valence-corrected chi connectivity index (χ3v) is 5.58. The lowest BCUT2D eigenvalue weighted by atomic mass is 9.70. The summed E-state index contributed by atoms with van der Waals surface area (Å²) in [7, 11) is 0. The molecule has 0 bridgehead atoms. The normalized spacial score (nSPS) is 19.9. The predicted molar refractivity (Wildman–Crippen MR) is 94.9 cm³/mol. The van der Waals surface area contributed by atoms with E-state index in [2.05, 4.69) is 6.58 Å². The topological polar surface area (TPSA) is 57.7 Å². The lowest BCUT2D eigenvalue weighted by molar-refractivity contribution is -0.150. The Balaban J connectivity index is 1.82. The standard InChI is InChI=1S/C20H24N2O3/c1-3-18(24)21-11-9-20(10-12-21,17-7-5-4-6-8-17)19(25)22-13-16(14-22)15(2)23/h3-8,16H,1,9-14H2,2H3. The summed E-state index contributed by atoms with van der Waals surface area (Å²) < 4.78 is 0. The van der Waals surface area contributed by atoms with Crippen LogP contribution < -0.4 is 0 Å².